The van der Waals surface area contributed by atoms with E-state index < -0.39 is 24.1 Å². The number of para-hydroxylation sites is 2. The number of alkyl halides is 3. The summed E-state index contributed by atoms with van der Waals surface area (Å²) in [5, 5.41) is 6.84. The zero-order valence-electron chi connectivity index (χ0n) is 13.1. The molecule has 0 bridgehead atoms. The molecule has 0 radical (unpaired) electrons. The van der Waals surface area contributed by atoms with Gasteiger partial charge in [-0.15, -0.1) is 24.5 Å². The standard InChI is InChI=1S/C16H15F3N2O3S/c1-10(22)20-12(14-7-4-8-25-14)9-15(23)21-11-5-2-3-6-13(11)24-16(17,18)19/h2-8,12H,9H2,1H3,(H,20,22)(H,21,23). The Bertz CT molecular complexity index is 732. The molecule has 2 N–H and O–H groups in total. The maximum Gasteiger partial charge on any atom is 0.573 e. The lowest BCUT2D eigenvalue weighted by Gasteiger charge is -2.17. The lowest BCUT2D eigenvalue weighted by molar-refractivity contribution is -0.274. The number of thiophene rings is 1. The van der Waals surface area contributed by atoms with Crippen molar-refractivity contribution < 1.29 is 27.5 Å². The molecule has 9 heteroatoms. The Labute approximate surface area is 145 Å². The van der Waals surface area contributed by atoms with Crippen LogP contribution in [0.2, 0.25) is 0 Å². The van der Waals surface area contributed by atoms with Crippen molar-refractivity contribution in [1.82, 2.24) is 5.32 Å². The van der Waals surface area contributed by atoms with Gasteiger partial charge in [-0.3, -0.25) is 9.59 Å². The van der Waals surface area contributed by atoms with E-state index >= 15 is 0 Å². The van der Waals surface area contributed by atoms with Crippen molar-refractivity contribution in [3.8, 4) is 5.75 Å². The molecule has 1 atom stereocenters. The van der Waals surface area contributed by atoms with E-state index in [1.165, 1.54) is 36.5 Å². The van der Waals surface area contributed by atoms with Crippen LogP contribution in [0.4, 0.5) is 18.9 Å². The molecule has 0 saturated heterocycles. The van der Waals surface area contributed by atoms with Gasteiger partial charge < -0.3 is 15.4 Å². The van der Waals surface area contributed by atoms with Gasteiger partial charge in [0.05, 0.1) is 18.2 Å². The summed E-state index contributed by atoms with van der Waals surface area (Å²) in [5.41, 5.74) is -0.0995. The van der Waals surface area contributed by atoms with Crippen LogP contribution in [-0.4, -0.2) is 18.2 Å². The second-order valence-electron chi connectivity index (χ2n) is 5.06. The normalized spacial score (nSPS) is 12.3. The number of rotatable bonds is 6. The fourth-order valence-corrected chi connectivity index (χ4v) is 2.91. The summed E-state index contributed by atoms with van der Waals surface area (Å²) in [6.45, 7) is 1.32. The molecule has 0 saturated carbocycles. The van der Waals surface area contributed by atoms with E-state index in [-0.39, 0.29) is 18.0 Å². The molecular formula is C16H15F3N2O3S. The van der Waals surface area contributed by atoms with Crippen LogP contribution in [0.5, 0.6) is 5.75 Å². The Morgan fingerprint density at radius 3 is 2.52 bits per heavy atom. The second kappa shape index (κ2) is 8.02. The van der Waals surface area contributed by atoms with Crippen LogP contribution in [0.1, 0.15) is 24.3 Å². The number of hydrogen-bond acceptors (Lipinski definition) is 4. The van der Waals surface area contributed by atoms with Gasteiger partial charge >= 0.3 is 6.36 Å². The number of hydrogen-bond donors (Lipinski definition) is 2. The predicted molar refractivity (Wildman–Crippen MR) is 87.2 cm³/mol. The summed E-state index contributed by atoms with van der Waals surface area (Å²) in [6, 6.07) is 8.23. The van der Waals surface area contributed by atoms with E-state index in [0.29, 0.717) is 0 Å². The number of ether oxygens (including phenoxy) is 1. The molecule has 5 nitrogen and oxygen atoms in total. The zero-order valence-corrected chi connectivity index (χ0v) is 13.9. The number of carbonyl (C=O) groups is 2. The average molecular weight is 372 g/mol. The molecule has 0 spiro atoms. The quantitative estimate of drug-likeness (QED) is 0.809. The van der Waals surface area contributed by atoms with Gasteiger partial charge in [0.15, 0.2) is 5.75 Å². The van der Waals surface area contributed by atoms with Gasteiger partial charge in [0, 0.05) is 11.8 Å². The van der Waals surface area contributed by atoms with Crippen molar-refractivity contribution in [2.24, 2.45) is 0 Å². The lowest BCUT2D eigenvalue weighted by Crippen LogP contribution is -2.29. The first-order valence-corrected chi connectivity index (χ1v) is 8.07. The van der Waals surface area contributed by atoms with Crippen molar-refractivity contribution >= 4 is 28.8 Å². The highest BCUT2D eigenvalue weighted by Gasteiger charge is 2.32. The molecule has 0 aliphatic rings. The van der Waals surface area contributed by atoms with Crippen LogP contribution in [0, 0.1) is 0 Å². The Morgan fingerprint density at radius 2 is 1.92 bits per heavy atom. The SMILES string of the molecule is CC(=O)NC(CC(=O)Nc1ccccc1OC(F)(F)F)c1cccs1. The number of anilines is 1. The number of nitrogens with one attached hydrogen (secondary N) is 2. The molecule has 25 heavy (non-hydrogen) atoms. The predicted octanol–water partition coefficient (Wildman–Crippen LogP) is 3.85. The van der Waals surface area contributed by atoms with E-state index in [9.17, 15) is 22.8 Å². The van der Waals surface area contributed by atoms with Gasteiger partial charge in [0.1, 0.15) is 0 Å². The number of halogens is 3. The fourth-order valence-electron chi connectivity index (χ4n) is 2.13. The van der Waals surface area contributed by atoms with Gasteiger partial charge in [-0.05, 0) is 23.6 Å². The van der Waals surface area contributed by atoms with E-state index in [4.69, 9.17) is 0 Å². The third-order valence-electron chi connectivity index (χ3n) is 3.04. The Balaban J connectivity index is 2.10. The Hall–Kier alpha value is -2.55. The summed E-state index contributed by atoms with van der Waals surface area (Å²) in [4.78, 5) is 24.3. The van der Waals surface area contributed by atoms with Crippen LogP contribution in [0.3, 0.4) is 0 Å². The third kappa shape index (κ3) is 6.11. The maximum atomic E-state index is 12.4. The molecule has 1 heterocycles. The zero-order chi connectivity index (χ0) is 18.4. The van der Waals surface area contributed by atoms with Crippen LogP contribution in [0.15, 0.2) is 41.8 Å². The Kier molecular flexibility index (Phi) is 6.02. The molecule has 2 amide bonds. The monoisotopic (exact) mass is 372 g/mol. The van der Waals surface area contributed by atoms with Crippen LogP contribution >= 0.6 is 11.3 Å². The largest absolute Gasteiger partial charge is 0.573 e. The lowest BCUT2D eigenvalue weighted by atomic mass is 10.1. The molecule has 2 rings (SSSR count). The van der Waals surface area contributed by atoms with E-state index in [2.05, 4.69) is 15.4 Å². The smallest absolute Gasteiger partial charge is 0.404 e. The summed E-state index contributed by atoms with van der Waals surface area (Å²) >= 11 is 1.36. The number of amides is 2. The van der Waals surface area contributed by atoms with Crippen LogP contribution in [-0.2, 0) is 9.59 Å². The van der Waals surface area contributed by atoms with Gasteiger partial charge in [-0.25, -0.2) is 0 Å². The minimum absolute atomic E-state index is 0.0995. The van der Waals surface area contributed by atoms with E-state index in [0.717, 1.165) is 10.9 Å². The molecule has 1 aromatic carbocycles. The summed E-state index contributed by atoms with van der Waals surface area (Å²) in [7, 11) is 0. The first-order chi connectivity index (χ1) is 11.7. The van der Waals surface area contributed by atoms with Crippen LogP contribution < -0.4 is 15.4 Å². The number of carbonyl (C=O) groups excluding carboxylic acids is 2. The molecule has 0 aliphatic heterocycles. The van der Waals surface area contributed by atoms with E-state index in [1.807, 2.05) is 0 Å². The van der Waals surface area contributed by atoms with Crippen molar-refractivity contribution in [2.75, 3.05) is 5.32 Å². The number of benzene rings is 1. The van der Waals surface area contributed by atoms with Crippen molar-refractivity contribution in [3.63, 3.8) is 0 Å². The highest BCUT2D eigenvalue weighted by molar-refractivity contribution is 7.10. The highest BCUT2D eigenvalue weighted by atomic mass is 32.1. The molecule has 1 aromatic heterocycles. The van der Waals surface area contributed by atoms with Gasteiger partial charge in [0.2, 0.25) is 11.8 Å². The highest BCUT2D eigenvalue weighted by Crippen LogP contribution is 2.30. The first-order valence-electron chi connectivity index (χ1n) is 7.20. The molecule has 0 fully saturated rings. The van der Waals surface area contributed by atoms with Crippen molar-refractivity contribution in [3.05, 3.63) is 46.7 Å². The second-order valence-corrected chi connectivity index (χ2v) is 6.04. The molecular weight excluding hydrogens is 357 g/mol. The van der Waals surface area contributed by atoms with E-state index in [1.54, 1.807) is 17.5 Å². The maximum absolute atomic E-state index is 12.4. The Morgan fingerprint density at radius 1 is 1.20 bits per heavy atom. The van der Waals surface area contributed by atoms with Gasteiger partial charge in [-0.2, -0.15) is 0 Å². The average Bonchev–Trinajstić information content (AvgIpc) is 3.01. The molecule has 0 aliphatic carbocycles. The van der Waals surface area contributed by atoms with Gasteiger partial charge in [-0.1, -0.05) is 18.2 Å². The van der Waals surface area contributed by atoms with Crippen LogP contribution in [0.25, 0.3) is 0 Å². The first kappa shape index (κ1) is 18.8. The van der Waals surface area contributed by atoms with Gasteiger partial charge in [0.25, 0.3) is 0 Å². The minimum atomic E-state index is -4.86. The molecule has 1 unspecified atom stereocenters. The molecule has 2 aromatic rings. The molecule has 134 valence electrons. The minimum Gasteiger partial charge on any atom is -0.404 e. The fraction of sp³-hybridized carbons (Fsp3) is 0.250. The summed E-state index contributed by atoms with van der Waals surface area (Å²) < 4.78 is 41.1. The third-order valence-corrected chi connectivity index (χ3v) is 4.03. The topological polar surface area (TPSA) is 67.4 Å². The van der Waals surface area contributed by atoms with Crippen molar-refractivity contribution in [1.29, 1.82) is 0 Å². The summed E-state index contributed by atoms with van der Waals surface area (Å²) in [6.07, 6.45) is -4.99. The summed E-state index contributed by atoms with van der Waals surface area (Å²) in [5.74, 6) is -1.37. The van der Waals surface area contributed by atoms with Crippen molar-refractivity contribution in [2.45, 2.75) is 25.7 Å².